The molecule has 2 aromatic rings. The number of carbonyl (C=O) groups excluding carboxylic acids is 1. The van der Waals surface area contributed by atoms with Crippen molar-refractivity contribution < 1.29 is 23.6 Å². The number of nitrogens with one attached hydrogen (secondary N) is 1. The Bertz CT molecular complexity index is 621. The van der Waals surface area contributed by atoms with Crippen LogP contribution in [0.2, 0.25) is 0 Å². The summed E-state index contributed by atoms with van der Waals surface area (Å²) >= 11 is 0. The molecule has 0 fully saturated rings. The van der Waals surface area contributed by atoms with Crippen molar-refractivity contribution in [2.45, 2.75) is 26.8 Å². The maximum Gasteiger partial charge on any atom is 0.371 e. The highest BCUT2D eigenvalue weighted by Gasteiger charge is 2.14. The van der Waals surface area contributed by atoms with Crippen LogP contribution in [0, 0.1) is 13.8 Å². The summed E-state index contributed by atoms with van der Waals surface area (Å²) in [5.41, 5.74) is 1.44. The van der Waals surface area contributed by atoms with Crippen LogP contribution in [-0.4, -0.2) is 22.1 Å². The first-order valence-electron chi connectivity index (χ1n) is 5.98. The highest BCUT2D eigenvalue weighted by molar-refractivity contribution is 5.84. The number of furan rings is 1. The molecule has 0 aliphatic carbocycles. The summed E-state index contributed by atoms with van der Waals surface area (Å²) in [6, 6.07) is 2.86. The van der Waals surface area contributed by atoms with E-state index in [-0.39, 0.29) is 24.6 Å². The largest absolute Gasteiger partial charge is 0.475 e. The zero-order chi connectivity index (χ0) is 14.7. The van der Waals surface area contributed by atoms with Crippen molar-refractivity contribution >= 4 is 11.9 Å². The molecule has 1 amide bonds. The first-order valence-corrected chi connectivity index (χ1v) is 5.98. The van der Waals surface area contributed by atoms with Gasteiger partial charge in [0.1, 0.15) is 11.5 Å². The van der Waals surface area contributed by atoms with E-state index in [0.29, 0.717) is 17.2 Å². The molecule has 7 nitrogen and oxygen atoms in total. The second-order valence-corrected chi connectivity index (χ2v) is 4.33. The molecule has 0 aliphatic heterocycles. The summed E-state index contributed by atoms with van der Waals surface area (Å²) in [5, 5.41) is 15.1. The van der Waals surface area contributed by atoms with Gasteiger partial charge in [-0.1, -0.05) is 5.16 Å². The number of aromatic nitrogens is 1. The molecule has 2 rings (SSSR count). The van der Waals surface area contributed by atoms with Crippen LogP contribution in [0.3, 0.4) is 0 Å². The minimum absolute atomic E-state index is 0.134. The van der Waals surface area contributed by atoms with Gasteiger partial charge in [0.25, 0.3) is 0 Å². The number of nitrogens with zero attached hydrogens (tertiary/aromatic N) is 1. The Morgan fingerprint density at radius 1 is 1.35 bits per heavy atom. The van der Waals surface area contributed by atoms with Gasteiger partial charge in [0.05, 0.1) is 18.7 Å². The van der Waals surface area contributed by atoms with Crippen molar-refractivity contribution in [2.75, 3.05) is 0 Å². The number of rotatable bonds is 5. The van der Waals surface area contributed by atoms with Crippen molar-refractivity contribution in [3.05, 3.63) is 40.7 Å². The number of carboxylic acid groups (broad SMARTS) is 1. The normalized spacial score (nSPS) is 10.5. The van der Waals surface area contributed by atoms with Crippen molar-refractivity contribution in [1.29, 1.82) is 0 Å². The Morgan fingerprint density at radius 2 is 2.10 bits per heavy atom. The van der Waals surface area contributed by atoms with Crippen LogP contribution in [0.4, 0.5) is 0 Å². The average molecular weight is 278 g/mol. The fourth-order valence-corrected chi connectivity index (χ4v) is 1.75. The van der Waals surface area contributed by atoms with E-state index in [4.69, 9.17) is 14.0 Å². The number of aromatic carboxylic acids is 1. The number of carbonyl (C=O) groups is 2. The lowest BCUT2D eigenvalue weighted by molar-refractivity contribution is -0.120. The van der Waals surface area contributed by atoms with Gasteiger partial charge in [-0.25, -0.2) is 4.79 Å². The molecule has 0 atom stereocenters. The molecule has 2 N–H and O–H groups in total. The van der Waals surface area contributed by atoms with Crippen molar-refractivity contribution in [3.63, 3.8) is 0 Å². The minimum Gasteiger partial charge on any atom is -0.475 e. The van der Waals surface area contributed by atoms with Gasteiger partial charge in [-0.15, -0.1) is 0 Å². The van der Waals surface area contributed by atoms with Crippen LogP contribution < -0.4 is 5.32 Å². The quantitative estimate of drug-likeness (QED) is 0.857. The number of hydrogen-bond donors (Lipinski definition) is 2. The molecular weight excluding hydrogens is 264 g/mol. The van der Waals surface area contributed by atoms with E-state index < -0.39 is 5.97 Å². The monoisotopic (exact) mass is 278 g/mol. The first kappa shape index (κ1) is 13.9. The predicted octanol–water partition coefficient (Wildman–Crippen LogP) is 1.44. The van der Waals surface area contributed by atoms with E-state index in [2.05, 4.69) is 10.5 Å². The Labute approximate surface area is 114 Å². The van der Waals surface area contributed by atoms with Crippen LogP contribution in [0.1, 0.15) is 33.3 Å². The molecule has 20 heavy (non-hydrogen) atoms. The third-order valence-corrected chi connectivity index (χ3v) is 2.85. The van der Waals surface area contributed by atoms with Crippen LogP contribution in [0.5, 0.6) is 0 Å². The van der Waals surface area contributed by atoms with Crippen LogP contribution >= 0.6 is 0 Å². The van der Waals surface area contributed by atoms with Gasteiger partial charge in [0.2, 0.25) is 11.7 Å². The zero-order valence-corrected chi connectivity index (χ0v) is 11.1. The van der Waals surface area contributed by atoms with E-state index in [0.717, 1.165) is 5.56 Å². The number of hydrogen-bond acceptors (Lipinski definition) is 5. The van der Waals surface area contributed by atoms with E-state index in [1.165, 1.54) is 12.1 Å². The van der Waals surface area contributed by atoms with E-state index in [1.807, 2.05) is 0 Å². The second kappa shape index (κ2) is 5.60. The molecule has 0 aromatic carbocycles. The standard InChI is InChI=1S/C13H14N2O5/c1-7-10(8(2)20-15-7)5-12(16)14-6-9-3-4-11(19-9)13(17)18/h3-4H,5-6H2,1-2H3,(H,14,16)(H,17,18). The fourth-order valence-electron chi connectivity index (χ4n) is 1.75. The van der Waals surface area contributed by atoms with Crippen molar-refractivity contribution in [1.82, 2.24) is 10.5 Å². The van der Waals surface area contributed by atoms with E-state index >= 15 is 0 Å². The maximum absolute atomic E-state index is 11.8. The molecular formula is C13H14N2O5. The fraction of sp³-hybridized carbons (Fsp3) is 0.308. The Hall–Kier alpha value is -2.57. The summed E-state index contributed by atoms with van der Waals surface area (Å²) in [5.74, 6) is -0.510. The molecule has 2 heterocycles. The van der Waals surface area contributed by atoms with Crippen LogP contribution in [0.15, 0.2) is 21.1 Å². The van der Waals surface area contributed by atoms with Crippen LogP contribution in [0.25, 0.3) is 0 Å². The number of amides is 1. The first-order chi connectivity index (χ1) is 9.47. The van der Waals surface area contributed by atoms with Crippen LogP contribution in [-0.2, 0) is 17.8 Å². The highest BCUT2D eigenvalue weighted by atomic mass is 16.5. The number of aryl methyl sites for hydroxylation is 2. The minimum atomic E-state index is -1.14. The van der Waals surface area contributed by atoms with Crippen molar-refractivity contribution in [2.24, 2.45) is 0 Å². The zero-order valence-electron chi connectivity index (χ0n) is 11.1. The van der Waals surface area contributed by atoms with E-state index in [9.17, 15) is 9.59 Å². The Kier molecular flexibility index (Phi) is 3.88. The molecule has 106 valence electrons. The number of carboxylic acids is 1. The SMILES string of the molecule is Cc1noc(C)c1CC(=O)NCc1ccc(C(=O)O)o1. The topological polar surface area (TPSA) is 106 Å². The third kappa shape index (κ3) is 3.05. The molecule has 0 saturated heterocycles. The summed E-state index contributed by atoms with van der Waals surface area (Å²) in [7, 11) is 0. The molecule has 0 aliphatic rings. The molecule has 0 spiro atoms. The van der Waals surface area contributed by atoms with E-state index in [1.54, 1.807) is 13.8 Å². The highest BCUT2D eigenvalue weighted by Crippen LogP contribution is 2.13. The molecule has 0 bridgehead atoms. The Morgan fingerprint density at radius 3 is 2.65 bits per heavy atom. The lowest BCUT2D eigenvalue weighted by Gasteiger charge is -2.02. The van der Waals surface area contributed by atoms with Gasteiger partial charge in [-0.3, -0.25) is 4.79 Å². The second-order valence-electron chi connectivity index (χ2n) is 4.33. The molecule has 0 saturated carbocycles. The molecule has 7 heteroatoms. The smallest absolute Gasteiger partial charge is 0.371 e. The summed E-state index contributed by atoms with van der Waals surface area (Å²) in [6.45, 7) is 3.65. The predicted molar refractivity (Wildman–Crippen MR) is 67.2 cm³/mol. The van der Waals surface area contributed by atoms with Gasteiger partial charge in [-0.2, -0.15) is 0 Å². The third-order valence-electron chi connectivity index (χ3n) is 2.85. The van der Waals surface area contributed by atoms with Crippen molar-refractivity contribution in [3.8, 4) is 0 Å². The average Bonchev–Trinajstić information content (AvgIpc) is 2.98. The molecule has 2 aromatic heterocycles. The summed E-state index contributed by atoms with van der Waals surface area (Å²) in [4.78, 5) is 22.4. The summed E-state index contributed by atoms with van der Waals surface area (Å²) < 4.78 is 10.0. The van der Waals surface area contributed by atoms with Gasteiger partial charge in [0.15, 0.2) is 0 Å². The molecule has 0 unspecified atom stereocenters. The maximum atomic E-state index is 11.8. The lowest BCUT2D eigenvalue weighted by Crippen LogP contribution is -2.24. The summed E-state index contributed by atoms with van der Waals surface area (Å²) in [6.07, 6.45) is 0.160. The van der Waals surface area contributed by atoms with Gasteiger partial charge in [0, 0.05) is 5.56 Å². The van der Waals surface area contributed by atoms with Gasteiger partial charge < -0.3 is 19.4 Å². The Balaban J connectivity index is 1.90. The van der Waals surface area contributed by atoms with Gasteiger partial charge >= 0.3 is 5.97 Å². The molecule has 0 radical (unpaired) electrons. The lowest BCUT2D eigenvalue weighted by atomic mass is 10.1. The van der Waals surface area contributed by atoms with Gasteiger partial charge in [-0.05, 0) is 26.0 Å².